The summed E-state index contributed by atoms with van der Waals surface area (Å²) in [6.07, 6.45) is 5.38. The summed E-state index contributed by atoms with van der Waals surface area (Å²) in [5.74, 6) is -0.590. The Labute approximate surface area is 156 Å². The first-order chi connectivity index (χ1) is 13.2. The number of halogens is 1. The smallest absolute Gasteiger partial charge is 0.271 e. The van der Waals surface area contributed by atoms with Gasteiger partial charge in [0.1, 0.15) is 5.82 Å². The van der Waals surface area contributed by atoms with Crippen LogP contribution in [0.5, 0.6) is 0 Å². The topological polar surface area (TPSA) is 69.0 Å². The third kappa shape index (κ3) is 3.88. The van der Waals surface area contributed by atoms with E-state index in [1.54, 1.807) is 35.3 Å². The SMILES string of the molecule is O=C(NCC1CCCO1)c1cc(-c2ccncc2)n(-c2ccc(F)cc2)n1. The lowest BCUT2D eigenvalue weighted by molar-refractivity contribution is 0.0853. The first-order valence-corrected chi connectivity index (χ1v) is 8.87. The molecule has 1 aromatic carbocycles. The minimum Gasteiger partial charge on any atom is -0.376 e. The Morgan fingerprint density at radius 1 is 1.22 bits per heavy atom. The molecule has 1 amide bonds. The zero-order chi connectivity index (χ0) is 18.6. The van der Waals surface area contributed by atoms with Crippen LogP contribution in [0.1, 0.15) is 23.3 Å². The molecule has 1 atom stereocenters. The van der Waals surface area contributed by atoms with E-state index in [4.69, 9.17) is 4.74 Å². The van der Waals surface area contributed by atoms with E-state index in [1.165, 1.54) is 12.1 Å². The summed E-state index contributed by atoms with van der Waals surface area (Å²) in [5.41, 5.74) is 2.55. The normalized spacial score (nSPS) is 16.4. The van der Waals surface area contributed by atoms with Crippen LogP contribution >= 0.6 is 0 Å². The maximum absolute atomic E-state index is 13.3. The highest BCUT2D eigenvalue weighted by molar-refractivity contribution is 5.93. The summed E-state index contributed by atoms with van der Waals surface area (Å²) in [7, 11) is 0. The minimum atomic E-state index is -0.328. The van der Waals surface area contributed by atoms with Crippen molar-refractivity contribution in [1.82, 2.24) is 20.1 Å². The molecular weight excluding hydrogens is 347 g/mol. The molecular formula is C20H19FN4O2. The lowest BCUT2D eigenvalue weighted by atomic mass is 10.1. The third-order valence-corrected chi connectivity index (χ3v) is 4.50. The molecule has 2 aromatic heterocycles. The number of hydrogen-bond acceptors (Lipinski definition) is 4. The van der Waals surface area contributed by atoms with Gasteiger partial charge in [-0.1, -0.05) is 0 Å². The molecule has 3 heterocycles. The van der Waals surface area contributed by atoms with Crippen LogP contribution in [-0.2, 0) is 4.74 Å². The van der Waals surface area contributed by atoms with E-state index < -0.39 is 0 Å². The number of nitrogens with zero attached hydrogens (tertiary/aromatic N) is 3. The summed E-state index contributed by atoms with van der Waals surface area (Å²) in [4.78, 5) is 16.6. The summed E-state index contributed by atoms with van der Waals surface area (Å²) >= 11 is 0. The minimum absolute atomic E-state index is 0.0628. The predicted molar refractivity (Wildman–Crippen MR) is 98.1 cm³/mol. The molecule has 27 heavy (non-hydrogen) atoms. The third-order valence-electron chi connectivity index (χ3n) is 4.50. The van der Waals surface area contributed by atoms with Crippen LogP contribution in [0.2, 0.25) is 0 Å². The fourth-order valence-electron chi connectivity index (χ4n) is 3.10. The first-order valence-electron chi connectivity index (χ1n) is 8.87. The van der Waals surface area contributed by atoms with Crippen molar-refractivity contribution in [1.29, 1.82) is 0 Å². The molecule has 4 rings (SSSR count). The first kappa shape index (κ1) is 17.4. The molecule has 1 aliphatic rings. The predicted octanol–water partition coefficient (Wildman–Crippen LogP) is 2.98. The number of benzene rings is 1. The van der Waals surface area contributed by atoms with Crippen molar-refractivity contribution in [2.45, 2.75) is 18.9 Å². The van der Waals surface area contributed by atoms with Crippen LogP contribution in [0.4, 0.5) is 4.39 Å². The monoisotopic (exact) mass is 366 g/mol. The maximum atomic E-state index is 13.3. The fraction of sp³-hybridized carbons (Fsp3) is 0.250. The lowest BCUT2D eigenvalue weighted by Crippen LogP contribution is -2.32. The Morgan fingerprint density at radius 2 is 2.00 bits per heavy atom. The zero-order valence-corrected chi connectivity index (χ0v) is 14.6. The lowest BCUT2D eigenvalue weighted by Gasteiger charge is -2.09. The van der Waals surface area contributed by atoms with E-state index in [9.17, 15) is 9.18 Å². The summed E-state index contributed by atoms with van der Waals surface area (Å²) < 4.78 is 20.5. The quantitative estimate of drug-likeness (QED) is 0.754. The number of carbonyl (C=O) groups excluding carboxylic acids is 1. The summed E-state index contributed by atoms with van der Waals surface area (Å²) in [6, 6.07) is 11.4. The molecule has 0 radical (unpaired) electrons. The number of hydrogen-bond donors (Lipinski definition) is 1. The van der Waals surface area contributed by atoms with Crippen LogP contribution in [-0.4, -0.2) is 39.9 Å². The van der Waals surface area contributed by atoms with Crippen LogP contribution in [0.15, 0.2) is 54.9 Å². The Balaban J connectivity index is 1.64. The zero-order valence-electron chi connectivity index (χ0n) is 14.6. The van der Waals surface area contributed by atoms with Gasteiger partial charge in [-0.05, 0) is 55.3 Å². The molecule has 1 N–H and O–H groups in total. The summed E-state index contributed by atoms with van der Waals surface area (Å²) in [6.45, 7) is 1.21. The summed E-state index contributed by atoms with van der Waals surface area (Å²) in [5, 5.41) is 7.33. The van der Waals surface area contributed by atoms with Crippen LogP contribution < -0.4 is 5.32 Å². The van der Waals surface area contributed by atoms with Crippen LogP contribution in [0, 0.1) is 5.82 Å². The van der Waals surface area contributed by atoms with Crippen molar-refractivity contribution in [3.05, 3.63) is 66.4 Å². The molecule has 0 spiro atoms. The molecule has 1 aliphatic heterocycles. The van der Waals surface area contributed by atoms with Gasteiger partial charge >= 0.3 is 0 Å². The van der Waals surface area contributed by atoms with E-state index >= 15 is 0 Å². The van der Waals surface area contributed by atoms with Crippen LogP contribution in [0.3, 0.4) is 0 Å². The van der Waals surface area contributed by atoms with Gasteiger partial charge in [-0.2, -0.15) is 5.10 Å². The molecule has 0 saturated carbocycles. The van der Waals surface area contributed by atoms with Crippen LogP contribution in [0.25, 0.3) is 16.9 Å². The van der Waals surface area contributed by atoms with Gasteiger partial charge in [0.2, 0.25) is 0 Å². The molecule has 0 aliphatic carbocycles. The van der Waals surface area contributed by atoms with Crippen molar-refractivity contribution >= 4 is 5.91 Å². The van der Waals surface area contributed by atoms with Gasteiger partial charge in [-0.25, -0.2) is 9.07 Å². The second kappa shape index (κ2) is 7.67. The molecule has 1 saturated heterocycles. The van der Waals surface area contributed by atoms with Crippen molar-refractivity contribution in [3.63, 3.8) is 0 Å². The Hall–Kier alpha value is -3.06. The number of ether oxygens (including phenoxy) is 1. The Bertz CT molecular complexity index is 919. The average Bonchev–Trinajstić information content (AvgIpc) is 3.37. The standard InChI is InChI=1S/C20H19FN4O2/c21-15-3-5-16(6-4-15)25-19(14-7-9-22-10-8-14)12-18(24-25)20(26)23-13-17-2-1-11-27-17/h3-10,12,17H,1-2,11,13H2,(H,23,26). The number of pyridine rings is 1. The number of amides is 1. The molecule has 0 bridgehead atoms. The maximum Gasteiger partial charge on any atom is 0.271 e. The van der Waals surface area contributed by atoms with Gasteiger partial charge in [-0.3, -0.25) is 9.78 Å². The Kier molecular flexibility index (Phi) is 4.93. The molecule has 1 fully saturated rings. The molecule has 138 valence electrons. The van der Waals surface area contributed by atoms with Crippen molar-refractivity contribution in [3.8, 4) is 16.9 Å². The van der Waals surface area contributed by atoms with E-state index in [2.05, 4.69) is 15.4 Å². The van der Waals surface area contributed by atoms with Crippen molar-refractivity contribution < 1.29 is 13.9 Å². The highest BCUT2D eigenvalue weighted by Crippen LogP contribution is 2.24. The van der Waals surface area contributed by atoms with Gasteiger partial charge in [0.25, 0.3) is 5.91 Å². The van der Waals surface area contributed by atoms with Gasteiger partial charge in [-0.15, -0.1) is 0 Å². The highest BCUT2D eigenvalue weighted by Gasteiger charge is 2.20. The van der Waals surface area contributed by atoms with E-state index in [-0.39, 0.29) is 17.8 Å². The highest BCUT2D eigenvalue weighted by atomic mass is 19.1. The van der Waals surface area contributed by atoms with Crippen molar-refractivity contribution in [2.24, 2.45) is 0 Å². The number of nitrogens with one attached hydrogen (secondary N) is 1. The largest absolute Gasteiger partial charge is 0.376 e. The number of rotatable bonds is 5. The second-order valence-electron chi connectivity index (χ2n) is 6.38. The van der Waals surface area contributed by atoms with E-state index in [0.29, 0.717) is 17.9 Å². The molecule has 3 aromatic rings. The van der Waals surface area contributed by atoms with Gasteiger partial charge in [0.05, 0.1) is 17.5 Å². The second-order valence-corrected chi connectivity index (χ2v) is 6.38. The Morgan fingerprint density at radius 3 is 2.70 bits per heavy atom. The number of carbonyl (C=O) groups is 1. The van der Waals surface area contributed by atoms with E-state index in [1.807, 2.05) is 12.1 Å². The van der Waals surface area contributed by atoms with E-state index in [0.717, 1.165) is 30.7 Å². The fourth-order valence-corrected chi connectivity index (χ4v) is 3.10. The molecule has 6 nitrogen and oxygen atoms in total. The van der Waals surface area contributed by atoms with Gasteiger partial charge < -0.3 is 10.1 Å². The van der Waals surface area contributed by atoms with Gasteiger partial charge in [0.15, 0.2) is 5.69 Å². The molecule has 7 heteroatoms. The number of aromatic nitrogens is 3. The average molecular weight is 366 g/mol. The molecule has 1 unspecified atom stereocenters. The van der Waals surface area contributed by atoms with Crippen molar-refractivity contribution in [2.75, 3.05) is 13.2 Å². The van der Waals surface area contributed by atoms with Gasteiger partial charge in [0, 0.05) is 31.1 Å².